The third-order valence-electron chi connectivity index (χ3n) is 7.47. The van der Waals surface area contributed by atoms with Crippen molar-refractivity contribution in [2.24, 2.45) is 5.92 Å². The van der Waals surface area contributed by atoms with Crippen LogP contribution < -0.4 is 4.90 Å². The molecule has 1 unspecified atom stereocenters. The quantitative estimate of drug-likeness (QED) is 0.330. The van der Waals surface area contributed by atoms with Gasteiger partial charge in [0.05, 0.1) is 12.5 Å². The lowest BCUT2D eigenvalue weighted by atomic mass is 9.81. The minimum atomic E-state index is -4.44. The van der Waals surface area contributed by atoms with Gasteiger partial charge in [0, 0.05) is 46.1 Å². The number of fused-ring (bicyclic) bond motifs is 2. The third-order valence-corrected chi connectivity index (χ3v) is 8.21. The van der Waals surface area contributed by atoms with Crippen LogP contribution in [0.5, 0.6) is 0 Å². The molecule has 2 aromatic rings. The zero-order valence-electron chi connectivity index (χ0n) is 20.3. The number of rotatable bonds is 7. The van der Waals surface area contributed by atoms with E-state index in [1.165, 1.54) is 42.5 Å². The van der Waals surface area contributed by atoms with Gasteiger partial charge in [-0.15, -0.1) is 0 Å². The number of carboxylic acid groups (broad SMARTS) is 1. The summed E-state index contributed by atoms with van der Waals surface area (Å²) in [6, 6.07) is 8.52. The van der Waals surface area contributed by atoms with Crippen LogP contribution in [0.15, 0.2) is 47.4 Å². The highest BCUT2D eigenvalue weighted by molar-refractivity contribution is 8.00. The fourth-order valence-corrected chi connectivity index (χ4v) is 6.42. The molecule has 0 spiro atoms. The van der Waals surface area contributed by atoms with Gasteiger partial charge in [0.15, 0.2) is 0 Å². The zero-order valence-corrected chi connectivity index (χ0v) is 21.1. The van der Waals surface area contributed by atoms with Crippen LogP contribution in [0.2, 0.25) is 0 Å². The standard InChI is InChI=1S/C27H26F4N2O4S/c28-16-6-11-22-20(14-16)25(32(17-7-8-17)23(34)12-13-24(35)36)19-2-1-3-21(19)33(22)26(37)15-4-9-18(10-5-15)38-27(29,30)31/h4-6,9-11,14,17,19,21,25H,1-3,7-8,12-13H2,(H,35,36)/t19-,21-,25?/m0/s1. The summed E-state index contributed by atoms with van der Waals surface area (Å²) in [5, 5.41) is 9.11. The van der Waals surface area contributed by atoms with Crippen LogP contribution in [0.4, 0.5) is 23.2 Å². The Balaban J connectivity index is 1.52. The van der Waals surface area contributed by atoms with Gasteiger partial charge in [-0.05, 0) is 79.9 Å². The number of carbonyl (C=O) groups excluding carboxylic acids is 2. The molecule has 38 heavy (non-hydrogen) atoms. The number of anilines is 1. The molecule has 202 valence electrons. The fourth-order valence-electron chi connectivity index (χ4n) is 5.88. The van der Waals surface area contributed by atoms with Gasteiger partial charge in [-0.2, -0.15) is 13.2 Å². The van der Waals surface area contributed by atoms with E-state index < -0.39 is 29.2 Å². The summed E-state index contributed by atoms with van der Waals surface area (Å²) in [5.41, 5.74) is -3.26. The molecule has 0 saturated heterocycles. The Morgan fingerprint density at radius 3 is 2.34 bits per heavy atom. The molecule has 1 heterocycles. The second-order valence-electron chi connectivity index (χ2n) is 9.98. The molecular weight excluding hydrogens is 524 g/mol. The van der Waals surface area contributed by atoms with Crippen LogP contribution >= 0.6 is 11.8 Å². The molecule has 2 fully saturated rings. The summed E-state index contributed by atoms with van der Waals surface area (Å²) in [4.78, 5) is 41.5. The molecule has 11 heteroatoms. The van der Waals surface area contributed by atoms with Crippen molar-refractivity contribution in [3.05, 3.63) is 59.4 Å². The minimum Gasteiger partial charge on any atom is -0.481 e. The Hall–Kier alpha value is -3.08. The molecule has 1 aliphatic heterocycles. The summed E-state index contributed by atoms with van der Waals surface area (Å²) < 4.78 is 52.8. The highest BCUT2D eigenvalue weighted by Gasteiger charge is 2.51. The van der Waals surface area contributed by atoms with Crippen molar-refractivity contribution in [1.29, 1.82) is 0 Å². The second-order valence-corrected chi connectivity index (χ2v) is 11.1. The van der Waals surface area contributed by atoms with Crippen molar-refractivity contribution in [3.8, 4) is 0 Å². The molecule has 0 aromatic heterocycles. The smallest absolute Gasteiger partial charge is 0.446 e. The van der Waals surface area contributed by atoms with Crippen LogP contribution in [0.1, 0.15) is 66.9 Å². The average Bonchev–Trinajstić information content (AvgIpc) is 3.57. The van der Waals surface area contributed by atoms with Gasteiger partial charge in [-0.3, -0.25) is 14.4 Å². The van der Waals surface area contributed by atoms with E-state index in [1.807, 2.05) is 0 Å². The maximum atomic E-state index is 14.6. The topological polar surface area (TPSA) is 77.9 Å². The Bertz CT molecular complexity index is 1250. The van der Waals surface area contributed by atoms with E-state index in [9.17, 15) is 31.9 Å². The Labute approximate surface area is 221 Å². The number of alkyl halides is 3. The summed E-state index contributed by atoms with van der Waals surface area (Å²) >= 11 is -0.258. The van der Waals surface area contributed by atoms with E-state index in [4.69, 9.17) is 5.11 Å². The minimum absolute atomic E-state index is 0.0334. The van der Waals surface area contributed by atoms with E-state index in [0.717, 1.165) is 19.3 Å². The van der Waals surface area contributed by atoms with Gasteiger partial charge >= 0.3 is 11.5 Å². The zero-order chi connectivity index (χ0) is 27.2. The first-order valence-corrected chi connectivity index (χ1v) is 13.4. The summed E-state index contributed by atoms with van der Waals surface area (Å²) in [6.07, 6.45) is 3.25. The lowest BCUT2D eigenvalue weighted by Gasteiger charge is -2.48. The highest BCUT2D eigenvalue weighted by Crippen LogP contribution is 2.53. The summed E-state index contributed by atoms with van der Waals surface area (Å²) in [5.74, 6) is -2.45. The van der Waals surface area contributed by atoms with Crippen molar-refractivity contribution >= 4 is 35.2 Å². The first-order chi connectivity index (χ1) is 18.0. The Morgan fingerprint density at radius 2 is 1.71 bits per heavy atom. The normalized spacial score (nSPS) is 22.5. The molecule has 1 N–H and O–H groups in total. The molecule has 2 saturated carbocycles. The number of amides is 2. The molecule has 2 aromatic carbocycles. The number of carboxylic acids is 1. The first-order valence-electron chi connectivity index (χ1n) is 12.6. The molecule has 0 bridgehead atoms. The van der Waals surface area contributed by atoms with Crippen molar-refractivity contribution < 1.29 is 37.1 Å². The lowest BCUT2D eigenvalue weighted by molar-refractivity contribution is -0.142. The van der Waals surface area contributed by atoms with Gasteiger partial charge < -0.3 is 14.9 Å². The SMILES string of the molecule is O=C(O)CCC(=O)N(C1CC1)C1c2cc(F)ccc2N(C(=O)c2ccc(SC(F)(F)F)cc2)[C@H]2CCC[C@H]12. The molecule has 2 amide bonds. The third kappa shape index (κ3) is 5.39. The predicted molar refractivity (Wildman–Crippen MR) is 132 cm³/mol. The van der Waals surface area contributed by atoms with Gasteiger partial charge in [-0.25, -0.2) is 4.39 Å². The summed E-state index contributed by atoms with van der Waals surface area (Å²) in [7, 11) is 0. The number of carbonyl (C=O) groups is 3. The molecule has 6 nitrogen and oxygen atoms in total. The second kappa shape index (κ2) is 10.2. The van der Waals surface area contributed by atoms with Gasteiger partial charge in [0.1, 0.15) is 5.82 Å². The molecule has 2 aliphatic carbocycles. The number of hydrogen-bond acceptors (Lipinski definition) is 4. The Kier molecular flexibility index (Phi) is 7.15. The van der Waals surface area contributed by atoms with E-state index in [-0.39, 0.29) is 59.0 Å². The van der Waals surface area contributed by atoms with Crippen molar-refractivity contribution in [2.45, 2.75) is 73.5 Å². The maximum Gasteiger partial charge on any atom is 0.446 e. The van der Waals surface area contributed by atoms with Crippen molar-refractivity contribution in [3.63, 3.8) is 0 Å². The molecule has 5 rings (SSSR count). The molecule has 3 aliphatic rings. The van der Waals surface area contributed by atoms with Crippen LogP contribution in [0, 0.1) is 11.7 Å². The Morgan fingerprint density at radius 1 is 1.00 bits per heavy atom. The largest absolute Gasteiger partial charge is 0.481 e. The van der Waals surface area contributed by atoms with Crippen LogP contribution in [0.25, 0.3) is 0 Å². The van der Waals surface area contributed by atoms with Crippen molar-refractivity contribution in [1.82, 2.24) is 4.90 Å². The van der Waals surface area contributed by atoms with E-state index in [1.54, 1.807) is 9.80 Å². The maximum absolute atomic E-state index is 14.6. The number of hydrogen-bond donors (Lipinski definition) is 1. The van der Waals surface area contributed by atoms with E-state index in [2.05, 4.69) is 0 Å². The first kappa shape index (κ1) is 26.5. The highest BCUT2D eigenvalue weighted by atomic mass is 32.2. The number of benzene rings is 2. The number of aliphatic carboxylic acids is 1. The lowest BCUT2D eigenvalue weighted by Crippen LogP contribution is -2.53. The number of halogens is 4. The fraction of sp³-hybridized carbons (Fsp3) is 0.444. The predicted octanol–water partition coefficient (Wildman–Crippen LogP) is 6.16. The van der Waals surface area contributed by atoms with Gasteiger partial charge in [-0.1, -0.05) is 6.42 Å². The monoisotopic (exact) mass is 550 g/mol. The molecular formula is C27H26F4N2O4S. The van der Waals surface area contributed by atoms with Crippen LogP contribution in [0.3, 0.4) is 0 Å². The van der Waals surface area contributed by atoms with Crippen molar-refractivity contribution in [2.75, 3.05) is 4.90 Å². The molecule has 0 radical (unpaired) electrons. The van der Waals surface area contributed by atoms with Gasteiger partial charge in [0.25, 0.3) is 5.91 Å². The van der Waals surface area contributed by atoms with E-state index >= 15 is 0 Å². The van der Waals surface area contributed by atoms with Crippen LogP contribution in [-0.4, -0.2) is 45.4 Å². The van der Waals surface area contributed by atoms with Gasteiger partial charge in [0.2, 0.25) is 5.91 Å². The van der Waals surface area contributed by atoms with Crippen LogP contribution in [-0.2, 0) is 9.59 Å². The van der Waals surface area contributed by atoms with E-state index in [0.29, 0.717) is 24.1 Å². The number of thioether (sulfide) groups is 1. The average molecular weight is 551 g/mol. The summed E-state index contributed by atoms with van der Waals surface area (Å²) in [6.45, 7) is 0. The molecule has 3 atom stereocenters. The number of nitrogens with zero attached hydrogens (tertiary/aromatic N) is 2.